The fourth-order valence-electron chi connectivity index (χ4n) is 3.15. The first-order valence-corrected chi connectivity index (χ1v) is 8.77. The lowest BCUT2D eigenvalue weighted by Gasteiger charge is -2.08. The number of carbonyl (C=O) groups is 1. The van der Waals surface area contributed by atoms with E-state index in [4.69, 9.17) is 4.42 Å². The van der Waals surface area contributed by atoms with E-state index in [0.717, 1.165) is 24.0 Å². The maximum Gasteiger partial charge on any atom is 0.252 e. The van der Waals surface area contributed by atoms with Crippen LogP contribution in [-0.4, -0.2) is 37.0 Å². The highest BCUT2D eigenvalue weighted by molar-refractivity contribution is 6.07. The first-order valence-electron chi connectivity index (χ1n) is 8.77. The number of aryl methyl sites for hydroxylation is 3. The van der Waals surface area contributed by atoms with Gasteiger partial charge in [0, 0.05) is 32.5 Å². The fourth-order valence-corrected chi connectivity index (χ4v) is 3.15. The van der Waals surface area contributed by atoms with Gasteiger partial charge in [-0.2, -0.15) is 10.2 Å². The van der Waals surface area contributed by atoms with Crippen LogP contribution < -0.4 is 5.32 Å². The number of pyridine rings is 1. The summed E-state index contributed by atoms with van der Waals surface area (Å²) < 4.78 is 8.99. The first kappa shape index (κ1) is 17.0. The normalized spacial score (nSPS) is 11.2. The third-order valence-corrected chi connectivity index (χ3v) is 4.40. The molecule has 1 amide bonds. The number of amides is 1. The minimum Gasteiger partial charge on any atom is -0.463 e. The lowest BCUT2D eigenvalue weighted by molar-refractivity contribution is 0.0954. The highest BCUT2D eigenvalue weighted by Crippen LogP contribution is 2.27. The van der Waals surface area contributed by atoms with Crippen LogP contribution in [0.3, 0.4) is 0 Å². The molecule has 8 heteroatoms. The van der Waals surface area contributed by atoms with Crippen LogP contribution in [0.4, 0.5) is 0 Å². The van der Waals surface area contributed by atoms with Crippen LogP contribution in [-0.2, 0) is 13.6 Å². The Hall–Kier alpha value is -3.42. The van der Waals surface area contributed by atoms with Crippen molar-refractivity contribution in [2.75, 3.05) is 6.54 Å². The van der Waals surface area contributed by atoms with E-state index in [1.807, 2.05) is 37.0 Å². The molecule has 4 heterocycles. The quantitative estimate of drug-likeness (QED) is 0.531. The monoisotopic (exact) mass is 364 g/mol. The van der Waals surface area contributed by atoms with Gasteiger partial charge in [-0.05, 0) is 37.6 Å². The van der Waals surface area contributed by atoms with Gasteiger partial charge in [-0.3, -0.25) is 14.2 Å². The Labute approximate surface area is 155 Å². The molecular formula is C19H20N6O2. The lowest BCUT2D eigenvalue weighted by Crippen LogP contribution is -2.25. The topological polar surface area (TPSA) is 90.8 Å². The third kappa shape index (κ3) is 3.33. The smallest absolute Gasteiger partial charge is 0.252 e. The maximum absolute atomic E-state index is 12.9. The van der Waals surface area contributed by atoms with Crippen LogP contribution in [0.5, 0.6) is 0 Å². The minimum absolute atomic E-state index is 0.147. The summed E-state index contributed by atoms with van der Waals surface area (Å²) in [6.45, 7) is 3.19. The molecule has 0 atom stereocenters. The van der Waals surface area contributed by atoms with Gasteiger partial charge < -0.3 is 9.73 Å². The molecule has 1 N–H and O–H groups in total. The molecule has 0 saturated carbocycles. The van der Waals surface area contributed by atoms with Gasteiger partial charge in [0.2, 0.25) is 0 Å². The van der Waals surface area contributed by atoms with Gasteiger partial charge in [0.05, 0.1) is 22.9 Å². The van der Waals surface area contributed by atoms with Crippen LogP contribution in [0.15, 0.2) is 47.3 Å². The highest BCUT2D eigenvalue weighted by Gasteiger charge is 2.19. The Bertz CT molecular complexity index is 1060. The van der Waals surface area contributed by atoms with E-state index in [2.05, 4.69) is 20.5 Å². The largest absolute Gasteiger partial charge is 0.463 e. The van der Waals surface area contributed by atoms with Crippen LogP contribution in [0, 0.1) is 6.92 Å². The zero-order valence-electron chi connectivity index (χ0n) is 15.2. The molecule has 0 radical (unpaired) electrons. The van der Waals surface area contributed by atoms with Gasteiger partial charge in [0.25, 0.3) is 5.91 Å². The second kappa shape index (κ2) is 7.06. The predicted molar refractivity (Wildman–Crippen MR) is 100 cm³/mol. The number of hydrogen-bond donors (Lipinski definition) is 1. The van der Waals surface area contributed by atoms with Crippen LogP contribution >= 0.6 is 0 Å². The molecule has 0 spiro atoms. The molecule has 0 aliphatic heterocycles. The molecule has 4 aromatic heterocycles. The highest BCUT2D eigenvalue weighted by atomic mass is 16.3. The number of carbonyl (C=O) groups excluding carboxylic acids is 1. The fraction of sp³-hybridized carbons (Fsp3) is 0.263. The van der Waals surface area contributed by atoms with Gasteiger partial charge in [-0.25, -0.2) is 4.98 Å². The molecule has 0 aliphatic rings. The summed E-state index contributed by atoms with van der Waals surface area (Å²) in [6.07, 6.45) is 6.03. The van der Waals surface area contributed by atoms with Gasteiger partial charge in [0.1, 0.15) is 5.69 Å². The molecule has 8 nitrogen and oxygen atoms in total. The molecule has 0 bridgehead atoms. The number of fused-ring (bicyclic) bond motifs is 1. The average Bonchev–Trinajstić information content (AvgIpc) is 3.41. The Kier molecular flexibility index (Phi) is 4.45. The molecule has 0 aliphatic carbocycles. The van der Waals surface area contributed by atoms with Gasteiger partial charge in [-0.1, -0.05) is 0 Å². The number of furan rings is 1. The summed E-state index contributed by atoms with van der Waals surface area (Å²) in [5, 5.41) is 12.3. The Morgan fingerprint density at radius 1 is 1.33 bits per heavy atom. The molecule has 0 saturated heterocycles. The van der Waals surface area contributed by atoms with Crippen LogP contribution in [0.25, 0.3) is 22.5 Å². The van der Waals surface area contributed by atoms with Crippen molar-refractivity contribution in [2.45, 2.75) is 19.9 Å². The molecule has 138 valence electrons. The van der Waals surface area contributed by atoms with Gasteiger partial charge in [0.15, 0.2) is 11.4 Å². The zero-order chi connectivity index (χ0) is 18.8. The SMILES string of the molecule is Cc1nn(C)c2nc(-c3ccco3)cc(C(=O)NCCCn3cccn3)c12. The van der Waals surface area contributed by atoms with E-state index in [1.165, 1.54) is 0 Å². The van der Waals surface area contributed by atoms with E-state index in [-0.39, 0.29) is 5.91 Å². The summed E-state index contributed by atoms with van der Waals surface area (Å²) in [5.74, 6) is 0.468. The van der Waals surface area contributed by atoms with Crippen molar-refractivity contribution >= 4 is 16.9 Å². The third-order valence-electron chi connectivity index (χ3n) is 4.40. The second-order valence-electron chi connectivity index (χ2n) is 6.32. The molecule has 4 rings (SSSR count). The summed E-state index contributed by atoms with van der Waals surface area (Å²) in [4.78, 5) is 17.5. The number of rotatable bonds is 6. The van der Waals surface area contributed by atoms with E-state index >= 15 is 0 Å². The molecule has 4 aromatic rings. The van der Waals surface area contributed by atoms with Crippen molar-refractivity contribution in [1.82, 2.24) is 29.9 Å². The van der Waals surface area contributed by atoms with Crippen molar-refractivity contribution < 1.29 is 9.21 Å². The van der Waals surface area contributed by atoms with E-state index in [1.54, 1.807) is 29.3 Å². The Balaban J connectivity index is 1.60. The molecule has 0 fully saturated rings. The molecule has 0 unspecified atom stereocenters. The zero-order valence-corrected chi connectivity index (χ0v) is 15.2. The summed E-state index contributed by atoms with van der Waals surface area (Å²) in [7, 11) is 1.82. The van der Waals surface area contributed by atoms with Crippen molar-refractivity contribution in [1.29, 1.82) is 0 Å². The first-order chi connectivity index (χ1) is 13.1. The summed E-state index contributed by atoms with van der Waals surface area (Å²) in [6, 6.07) is 7.26. The second-order valence-corrected chi connectivity index (χ2v) is 6.32. The van der Waals surface area contributed by atoms with Crippen molar-refractivity contribution in [3.8, 4) is 11.5 Å². The maximum atomic E-state index is 12.9. The van der Waals surface area contributed by atoms with Gasteiger partial charge >= 0.3 is 0 Å². The standard InChI is InChI=1S/C19H20N6O2/c1-13-17-14(19(26)20-7-4-9-25-10-5-8-21-25)12-15(16-6-3-11-27-16)22-18(17)24(2)23-13/h3,5-6,8,10-12H,4,7,9H2,1-2H3,(H,20,26). The van der Waals surface area contributed by atoms with E-state index in [0.29, 0.717) is 29.2 Å². The Morgan fingerprint density at radius 2 is 2.22 bits per heavy atom. The van der Waals surface area contributed by atoms with Crippen molar-refractivity contribution in [2.24, 2.45) is 7.05 Å². The molecule has 0 aromatic carbocycles. The summed E-state index contributed by atoms with van der Waals surface area (Å²) in [5.41, 5.74) is 2.59. The van der Waals surface area contributed by atoms with E-state index in [9.17, 15) is 4.79 Å². The van der Waals surface area contributed by atoms with Gasteiger partial charge in [-0.15, -0.1) is 0 Å². The minimum atomic E-state index is -0.147. The van der Waals surface area contributed by atoms with Crippen molar-refractivity contribution in [3.05, 3.63) is 54.2 Å². The molecule has 27 heavy (non-hydrogen) atoms. The lowest BCUT2D eigenvalue weighted by atomic mass is 10.1. The molecular weight excluding hydrogens is 344 g/mol. The number of nitrogens with zero attached hydrogens (tertiary/aromatic N) is 5. The number of hydrogen-bond acceptors (Lipinski definition) is 5. The Morgan fingerprint density at radius 3 is 2.96 bits per heavy atom. The number of aromatic nitrogens is 5. The number of nitrogens with one attached hydrogen (secondary N) is 1. The van der Waals surface area contributed by atoms with Crippen LogP contribution in [0.2, 0.25) is 0 Å². The average molecular weight is 364 g/mol. The summed E-state index contributed by atoms with van der Waals surface area (Å²) >= 11 is 0. The predicted octanol–water partition coefficient (Wildman–Crippen LogP) is 2.55. The van der Waals surface area contributed by atoms with Crippen LogP contribution in [0.1, 0.15) is 22.5 Å². The van der Waals surface area contributed by atoms with E-state index < -0.39 is 0 Å². The van der Waals surface area contributed by atoms with Crippen molar-refractivity contribution in [3.63, 3.8) is 0 Å².